The van der Waals surface area contributed by atoms with Gasteiger partial charge in [0.05, 0.1) is 50.4 Å². The lowest BCUT2D eigenvalue weighted by Gasteiger charge is -2.20. The summed E-state index contributed by atoms with van der Waals surface area (Å²) < 4.78 is 4.66. The summed E-state index contributed by atoms with van der Waals surface area (Å²) >= 11 is 0. The lowest BCUT2D eigenvalue weighted by Crippen LogP contribution is -2.04. The Morgan fingerprint density at radius 2 is 0.809 bits per heavy atom. The first-order chi connectivity index (χ1) is 33.3. The normalized spacial score (nSPS) is 11.5. The van der Waals surface area contributed by atoms with E-state index < -0.39 is 0 Å². The number of nitriles is 1. The molecular weight excluding hydrogens is 825 g/mol. The SMILES string of the molecule is Cc1ccc(-c2ccc3c(c2)c2ccccc2n3-c2cc(-c3cc(-c4ccccc4)nc(-c4ccccc4)c3)c(-n3c4ccccc4c4cc(-c5ccc(C)cc5C)ccc43)cc2C#N)c(C)c1. The number of fused-ring (bicyclic) bond motifs is 6. The van der Waals surface area contributed by atoms with Crippen LogP contribution in [0.4, 0.5) is 0 Å². The number of pyridine rings is 1. The highest BCUT2D eigenvalue weighted by atomic mass is 15.0. The number of para-hydroxylation sites is 2. The van der Waals surface area contributed by atoms with E-state index in [0.717, 1.165) is 88.6 Å². The first kappa shape index (κ1) is 40.7. The van der Waals surface area contributed by atoms with E-state index in [2.05, 4.69) is 237 Å². The van der Waals surface area contributed by atoms with Crippen molar-refractivity contribution in [3.05, 3.63) is 234 Å². The summed E-state index contributed by atoms with van der Waals surface area (Å²) in [5.74, 6) is 0. The number of benzene rings is 9. The lowest BCUT2D eigenvalue weighted by atomic mass is 9.96. The number of aryl methyl sites for hydroxylation is 4. The zero-order valence-electron chi connectivity index (χ0n) is 38.4. The number of hydrogen-bond donors (Lipinski definition) is 0. The van der Waals surface area contributed by atoms with Crippen LogP contribution >= 0.6 is 0 Å². The van der Waals surface area contributed by atoms with Crippen LogP contribution in [0.5, 0.6) is 0 Å². The Labute approximate surface area is 396 Å². The van der Waals surface area contributed by atoms with E-state index in [9.17, 15) is 5.26 Å². The van der Waals surface area contributed by atoms with Crippen LogP contribution in [-0.4, -0.2) is 14.1 Å². The van der Waals surface area contributed by atoms with Crippen LogP contribution in [0.3, 0.4) is 0 Å². The molecule has 0 aliphatic rings. The summed E-state index contributed by atoms with van der Waals surface area (Å²) in [7, 11) is 0. The molecule has 0 saturated heterocycles. The first-order valence-corrected chi connectivity index (χ1v) is 23.3. The largest absolute Gasteiger partial charge is 0.309 e. The van der Waals surface area contributed by atoms with Gasteiger partial charge in [0.25, 0.3) is 0 Å². The molecule has 0 fully saturated rings. The van der Waals surface area contributed by atoms with Crippen molar-refractivity contribution in [2.45, 2.75) is 27.7 Å². The molecule has 0 unspecified atom stereocenters. The molecular formula is C64H46N4. The number of rotatable bonds is 7. The lowest BCUT2D eigenvalue weighted by molar-refractivity contribution is 1.13. The van der Waals surface area contributed by atoms with Crippen molar-refractivity contribution in [3.8, 4) is 73.3 Å². The third-order valence-corrected chi connectivity index (χ3v) is 13.7. The van der Waals surface area contributed by atoms with Gasteiger partial charge in [0.15, 0.2) is 0 Å². The molecule has 12 rings (SSSR count). The number of nitrogens with zero attached hydrogens (tertiary/aromatic N) is 4. The fourth-order valence-electron chi connectivity index (χ4n) is 10.5. The van der Waals surface area contributed by atoms with Crippen LogP contribution in [0.2, 0.25) is 0 Å². The minimum atomic E-state index is 0.573. The number of hydrogen-bond acceptors (Lipinski definition) is 2. The van der Waals surface area contributed by atoms with Crippen molar-refractivity contribution in [2.75, 3.05) is 0 Å². The molecule has 0 aliphatic carbocycles. The molecule has 0 bridgehead atoms. The maximum atomic E-state index is 11.4. The molecule has 0 atom stereocenters. The molecule has 4 heteroatoms. The second kappa shape index (κ2) is 16.3. The summed E-state index contributed by atoms with van der Waals surface area (Å²) in [6.45, 7) is 8.66. The fraction of sp³-hybridized carbons (Fsp3) is 0.0625. The van der Waals surface area contributed by atoms with Gasteiger partial charge < -0.3 is 9.13 Å². The Balaban J connectivity index is 1.17. The maximum absolute atomic E-state index is 11.4. The summed E-state index contributed by atoms with van der Waals surface area (Å²) in [4.78, 5) is 5.31. The predicted octanol–water partition coefficient (Wildman–Crippen LogP) is 16.7. The van der Waals surface area contributed by atoms with Crippen molar-refractivity contribution < 1.29 is 0 Å². The van der Waals surface area contributed by atoms with E-state index in [0.29, 0.717) is 5.56 Å². The smallest absolute Gasteiger partial charge is 0.101 e. The molecule has 322 valence electrons. The van der Waals surface area contributed by atoms with Crippen molar-refractivity contribution >= 4 is 43.6 Å². The van der Waals surface area contributed by atoms with Crippen LogP contribution in [0, 0.1) is 39.0 Å². The Morgan fingerprint density at radius 1 is 0.353 bits per heavy atom. The van der Waals surface area contributed by atoms with Crippen LogP contribution in [-0.2, 0) is 0 Å². The van der Waals surface area contributed by atoms with Crippen LogP contribution < -0.4 is 0 Å². The maximum Gasteiger partial charge on any atom is 0.101 e. The van der Waals surface area contributed by atoms with E-state index in [1.807, 2.05) is 12.1 Å². The Morgan fingerprint density at radius 3 is 1.29 bits per heavy atom. The van der Waals surface area contributed by atoms with E-state index in [1.54, 1.807) is 0 Å². The minimum absolute atomic E-state index is 0.573. The van der Waals surface area contributed by atoms with Crippen LogP contribution in [0.15, 0.2) is 206 Å². The highest BCUT2D eigenvalue weighted by molar-refractivity contribution is 6.12. The fourth-order valence-corrected chi connectivity index (χ4v) is 10.5. The van der Waals surface area contributed by atoms with Gasteiger partial charge in [-0.2, -0.15) is 5.26 Å². The van der Waals surface area contributed by atoms with Gasteiger partial charge in [-0.1, -0.05) is 157 Å². The van der Waals surface area contributed by atoms with Gasteiger partial charge in [-0.05, 0) is 127 Å². The average molecular weight is 871 g/mol. The van der Waals surface area contributed by atoms with E-state index >= 15 is 0 Å². The van der Waals surface area contributed by atoms with E-state index in [1.165, 1.54) is 44.5 Å². The molecule has 0 radical (unpaired) electrons. The van der Waals surface area contributed by atoms with E-state index in [4.69, 9.17) is 4.98 Å². The van der Waals surface area contributed by atoms with Crippen molar-refractivity contribution in [2.24, 2.45) is 0 Å². The third-order valence-electron chi connectivity index (χ3n) is 13.7. The van der Waals surface area contributed by atoms with Crippen molar-refractivity contribution in [1.29, 1.82) is 5.26 Å². The molecule has 0 amide bonds. The van der Waals surface area contributed by atoms with Gasteiger partial charge in [0.1, 0.15) is 6.07 Å². The summed E-state index contributed by atoms with van der Waals surface area (Å²) in [5.41, 5.74) is 22.0. The predicted molar refractivity (Wildman–Crippen MR) is 284 cm³/mol. The molecule has 9 aromatic carbocycles. The van der Waals surface area contributed by atoms with Gasteiger partial charge in [0, 0.05) is 38.2 Å². The van der Waals surface area contributed by atoms with Crippen LogP contribution in [0.25, 0.3) is 111 Å². The Kier molecular flexibility index (Phi) is 9.74. The second-order valence-electron chi connectivity index (χ2n) is 18.2. The summed E-state index contributed by atoms with van der Waals surface area (Å²) in [6, 6.07) is 76.5. The van der Waals surface area contributed by atoms with Gasteiger partial charge in [-0.15, -0.1) is 0 Å². The molecule has 3 aromatic heterocycles. The molecule has 3 heterocycles. The molecule has 0 saturated carbocycles. The molecule has 12 aromatic rings. The highest BCUT2D eigenvalue weighted by Gasteiger charge is 2.24. The topological polar surface area (TPSA) is 46.5 Å². The van der Waals surface area contributed by atoms with Crippen molar-refractivity contribution in [3.63, 3.8) is 0 Å². The quantitative estimate of drug-likeness (QED) is 0.160. The summed E-state index contributed by atoms with van der Waals surface area (Å²) in [6.07, 6.45) is 0. The van der Waals surface area contributed by atoms with Gasteiger partial charge >= 0.3 is 0 Å². The second-order valence-corrected chi connectivity index (χ2v) is 18.2. The van der Waals surface area contributed by atoms with E-state index in [-0.39, 0.29) is 0 Å². The van der Waals surface area contributed by atoms with Crippen LogP contribution in [0.1, 0.15) is 27.8 Å². The monoisotopic (exact) mass is 870 g/mol. The molecule has 4 nitrogen and oxygen atoms in total. The Hall–Kier alpha value is -8.78. The standard InChI is InChI=1S/C64H46N4/c1-40-23-27-50(42(3)31-40)46-25-29-61-55(33-46)52-19-11-13-21-59(52)67(61)63-38-54(48-35-57(44-15-7-5-8-16-44)66-58(36-48)45-17-9-6-10-18-45)64(37-49(63)39-65)68-60-22-14-12-20-53(60)56-34-47(26-30-62(56)68)51-28-24-41(2)32-43(51)4/h5-38H,1-4H3. The third kappa shape index (κ3) is 6.79. The summed E-state index contributed by atoms with van der Waals surface area (Å²) in [5, 5.41) is 16.0. The van der Waals surface area contributed by atoms with Gasteiger partial charge in [-0.25, -0.2) is 4.98 Å². The highest BCUT2D eigenvalue weighted by Crippen LogP contribution is 2.44. The molecule has 0 spiro atoms. The average Bonchev–Trinajstić information content (AvgIpc) is 3.88. The van der Waals surface area contributed by atoms with Gasteiger partial charge in [-0.3, -0.25) is 0 Å². The molecule has 68 heavy (non-hydrogen) atoms. The van der Waals surface area contributed by atoms with Crippen molar-refractivity contribution in [1.82, 2.24) is 14.1 Å². The number of aromatic nitrogens is 3. The first-order valence-electron chi connectivity index (χ1n) is 23.3. The van der Waals surface area contributed by atoms with Gasteiger partial charge in [0.2, 0.25) is 0 Å². The Bertz CT molecular complexity index is 3960. The molecule has 0 aliphatic heterocycles. The molecule has 0 N–H and O–H groups in total. The zero-order valence-corrected chi connectivity index (χ0v) is 38.4. The zero-order chi connectivity index (χ0) is 46.0. The minimum Gasteiger partial charge on any atom is -0.309 e.